The molecule has 0 aromatic carbocycles. The summed E-state index contributed by atoms with van der Waals surface area (Å²) in [5.74, 6) is 2.68. The van der Waals surface area contributed by atoms with Crippen LogP contribution in [-0.4, -0.2) is 37.1 Å². The molecule has 1 aliphatic carbocycles. The first-order valence-electron chi connectivity index (χ1n) is 9.14. The minimum atomic E-state index is 0.740. The van der Waals surface area contributed by atoms with Crippen LogP contribution in [0.1, 0.15) is 65.7 Å². The summed E-state index contributed by atoms with van der Waals surface area (Å²) in [6.45, 7) is 12.3. The van der Waals surface area contributed by atoms with E-state index in [1.165, 1.54) is 71.1 Å². The van der Waals surface area contributed by atoms with Gasteiger partial charge in [0.25, 0.3) is 0 Å². The average Bonchev–Trinajstić information content (AvgIpc) is 2.46. The van der Waals surface area contributed by atoms with Crippen LogP contribution in [0, 0.1) is 17.8 Å². The zero-order valence-corrected chi connectivity index (χ0v) is 14.0. The van der Waals surface area contributed by atoms with Gasteiger partial charge in [-0.05, 0) is 56.5 Å². The molecular weight excluding hydrogens is 244 g/mol. The molecule has 1 saturated heterocycles. The van der Waals surface area contributed by atoms with Crippen molar-refractivity contribution in [3.05, 3.63) is 0 Å². The average molecular weight is 280 g/mol. The first-order chi connectivity index (χ1) is 9.69. The maximum absolute atomic E-state index is 3.92. The van der Waals surface area contributed by atoms with Gasteiger partial charge in [0.1, 0.15) is 0 Å². The molecule has 0 amide bonds. The molecule has 1 saturated carbocycles. The van der Waals surface area contributed by atoms with E-state index in [9.17, 15) is 0 Å². The molecule has 20 heavy (non-hydrogen) atoms. The van der Waals surface area contributed by atoms with Crippen molar-refractivity contribution in [2.75, 3.05) is 26.2 Å². The van der Waals surface area contributed by atoms with E-state index in [0.29, 0.717) is 0 Å². The molecule has 0 spiro atoms. The summed E-state index contributed by atoms with van der Waals surface area (Å²) in [6.07, 6.45) is 10.0. The molecule has 1 aliphatic heterocycles. The number of nitrogens with zero attached hydrogens (tertiary/aromatic N) is 1. The van der Waals surface area contributed by atoms with Crippen molar-refractivity contribution in [3.63, 3.8) is 0 Å². The van der Waals surface area contributed by atoms with Crippen LogP contribution in [-0.2, 0) is 0 Å². The Bertz CT molecular complexity index is 258. The molecule has 0 bridgehead atoms. The monoisotopic (exact) mass is 280 g/mol. The number of nitrogens with one attached hydrogen (secondary N) is 1. The van der Waals surface area contributed by atoms with Gasteiger partial charge in [0.15, 0.2) is 0 Å². The van der Waals surface area contributed by atoms with Gasteiger partial charge in [-0.2, -0.15) is 0 Å². The molecule has 1 N–H and O–H groups in total. The second-order valence-electron chi connectivity index (χ2n) is 7.61. The zero-order chi connectivity index (χ0) is 14.4. The van der Waals surface area contributed by atoms with Crippen LogP contribution >= 0.6 is 0 Å². The fourth-order valence-corrected chi connectivity index (χ4v) is 4.09. The van der Waals surface area contributed by atoms with E-state index < -0.39 is 0 Å². The van der Waals surface area contributed by atoms with Crippen LogP contribution in [0.15, 0.2) is 0 Å². The molecule has 2 nitrogen and oxygen atoms in total. The van der Waals surface area contributed by atoms with Crippen LogP contribution < -0.4 is 5.32 Å². The van der Waals surface area contributed by atoms with Gasteiger partial charge in [-0.1, -0.05) is 40.0 Å². The van der Waals surface area contributed by atoms with Gasteiger partial charge in [-0.3, -0.25) is 0 Å². The molecule has 2 heteroatoms. The van der Waals surface area contributed by atoms with Gasteiger partial charge >= 0.3 is 0 Å². The minimum absolute atomic E-state index is 0.740. The van der Waals surface area contributed by atoms with Crippen LogP contribution in [0.4, 0.5) is 0 Å². The first-order valence-corrected chi connectivity index (χ1v) is 9.14. The molecule has 118 valence electrons. The van der Waals surface area contributed by atoms with E-state index in [-0.39, 0.29) is 0 Å². The normalized spacial score (nSPS) is 30.0. The molecule has 1 heterocycles. The third kappa shape index (κ3) is 5.04. The van der Waals surface area contributed by atoms with Crippen LogP contribution in [0.3, 0.4) is 0 Å². The van der Waals surface area contributed by atoms with Crippen molar-refractivity contribution >= 4 is 0 Å². The lowest BCUT2D eigenvalue weighted by Crippen LogP contribution is -2.51. The summed E-state index contributed by atoms with van der Waals surface area (Å²) in [4.78, 5) is 2.70. The summed E-state index contributed by atoms with van der Waals surface area (Å²) >= 11 is 0. The Labute approximate surface area is 126 Å². The fraction of sp³-hybridized carbons (Fsp3) is 1.00. The molecule has 0 aromatic rings. The standard InChI is InChI=1S/C18H36N2/c1-4-10-20-13-17(15(2)3)11-18(14-20)19-12-16-8-6-5-7-9-16/h15-19H,4-14H2,1-3H3. The maximum Gasteiger partial charge on any atom is 0.0198 e. The Morgan fingerprint density at radius 1 is 1.10 bits per heavy atom. The van der Waals surface area contributed by atoms with E-state index in [4.69, 9.17) is 0 Å². The second-order valence-corrected chi connectivity index (χ2v) is 7.61. The first kappa shape index (κ1) is 16.3. The highest BCUT2D eigenvalue weighted by Gasteiger charge is 2.28. The topological polar surface area (TPSA) is 15.3 Å². The summed E-state index contributed by atoms with van der Waals surface area (Å²) in [7, 11) is 0. The van der Waals surface area contributed by atoms with Crippen LogP contribution in [0.2, 0.25) is 0 Å². The Balaban J connectivity index is 1.78. The Hall–Kier alpha value is -0.0800. The molecule has 2 aliphatic rings. The van der Waals surface area contributed by atoms with E-state index in [1.54, 1.807) is 0 Å². The number of piperidine rings is 1. The van der Waals surface area contributed by atoms with Gasteiger partial charge in [0.05, 0.1) is 0 Å². The largest absolute Gasteiger partial charge is 0.312 e. The van der Waals surface area contributed by atoms with E-state index in [0.717, 1.165) is 23.8 Å². The van der Waals surface area contributed by atoms with Gasteiger partial charge in [-0.25, -0.2) is 0 Å². The molecule has 0 radical (unpaired) electrons. The smallest absolute Gasteiger partial charge is 0.0198 e. The third-order valence-corrected chi connectivity index (χ3v) is 5.46. The van der Waals surface area contributed by atoms with Crippen molar-refractivity contribution in [1.82, 2.24) is 10.2 Å². The molecule has 2 rings (SSSR count). The Morgan fingerprint density at radius 3 is 2.50 bits per heavy atom. The van der Waals surface area contributed by atoms with Crippen molar-refractivity contribution < 1.29 is 0 Å². The molecule has 2 fully saturated rings. The predicted octanol–water partition coefficient (Wildman–Crippen LogP) is 3.91. The fourth-order valence-electron chi connectivity index (χ4n) is 4.09. The number of likely N-dealkylation sites (tertiary alicyclic amines) is 1. The third-order valence-electron chi connectivity index (χ3n) is 5.46. The maximum atomic E-state index is 3.92. The lowest BCUT2D eigenvalue weighted by atomic mass is 9.84. The van der Waals surface area contributed by atoms with Gasteiger partial charge in [0.2, 0.25) is 0 Å². The summed E-state index contributed by atoms with van der Waals surface area (Å²) in [6, 6.07) is 0.740. The van der Waals surface area contributed by atoms with Crippen LogP contribution in [0.5, 0.6) is 0 Å². The van der Waals surface area contributed by atoms with Gasteiger partial charge in [-0.15, -0.1) is 0 Å². The minimum Gasteiger partial charge on any atom is -0.312 e. The lowest BCUT2D eigenvalue weighted by Gasteiger charge is -2.40. The zero-order valence-electron chi connectivity index (χ0n) is 14.0. The highest BCUT2D eigenvalue weighted by molar-refractivity contribution is 4.85. The lowest BCUT2D eigenvalue weighted by molar-refractivity contribution is 0.113. The number of hydrogen-bond acceptors (Lipinski definition) is 2. The van der Waals surface area contributed by atoms with E-state index in [1.807, 2.05) is 0 Å². The Kier molecular flexibility index (Phi) is 6.83. The van der Waals surface area contributed by atoms with Crippen LogP contribution in [0.25, 0.3) is 0 Å². The highest BCUT2D eigenvalue weighted by atomic mass is 15.2. The second kappa shape index (κ2) is 8.38. The highest BCUT2D eigenvalue weighted by Crippen LogP contribution is 2.26. The Morgan fingerprint density at radius 2 is 1.85 bits per heavy atom. The van der Waals surface area contributed by atoms with Gasteiger partial charge in [0, 0.05) is 19.1 Å². The molecule has 2 atom stereocenters. The van der Waals surface area contributed by atoms with Crippen molar-refractivity contribution in [1.29, 1.82) is 0 Å². The van der Waals surface area contributed by atoms with Crippen molar-refractivity contribution in [2.45, 2.75) is 71.8 Å². The predicted molar refractivity (Wildman–Crippen MR) is 88.0 cm³/mol. The summed E-state index contributed by atoms with van der Waals surface area (Å²) in [5, 5.41) is 3.92. The number of rotatable bonds is 6. The summed E-state index contributed by atoms with van der Waals surface area (Å²) < 4.78 is 0. The van der Waals surface area contributed by atoms with Crippen molar-refractivity contribution in [2.24, 2.45) is 17.8 Å². The molecular formula is C18H36N2. The van der Waals surface area contributed by atoms with Gasteiger partial charge < -0.3 is 10.2 Å². The molecule has 2 unspecified atom stereocenters. The summed E-state index contributed by atoms with van der Waals surface area (Å²) in [5.41, 5.74) is 0. The van der Waals surface area contributed by atoms with Crippen molar-refractivity contribution in [3.8, 4) is 0 Å². The van der Waals surface area contributed by atoms with E-state index >= 15 is 0 Å². The molecule has 0 aromatic heterocycles. The number of hydrogen-bond donors (Lipinski definition) is 1. The van der Waals surface area contributed by atoms with E-state index in [2.05, 4.69) is 31.0 Å². The quantitative estimate of drug-likeness (QED) is 0.793. The SMILES string of the molecule is CCCN1CC(NCC2CCCCC2)CC(C(C)C)C1.